The molecule has 0 amide bonds. The molecule has 0 fully saturated rings. The van der Waals surface area contributed by atoms with Crippen LogP contribution in [0.15, 0.2) is 59.5 Å². The minimum atomic E-state index is -0.432. The van der Waals surface area contributed by atoms with E-state index in [1.807, 2.05) is 32.9 Å². The fourth-order valence-electron chi connectivity index (χ4n) is 3.60. The summed E-state index contributed by atoms with van der Waals surface area (Å²) in [7, 11) is 0. The molecule has 0 aliphatic heterocycles. The number of nitrogens with zero attached hydrogens (tertiary/aromatic N) is 2. The second-order valence-corrected chi connectivity index (χ2v) is 8.11. The van der Waals surface area contributed by atoms with E-state index in [1.54, 1.807) is 28.8 Å². The molecule has 156 valence electrons. The highest BCUT2D eigenvalue weighted by Gasteiger charge is 2.20. The molecule has 2 heterocycles. The normalized spacial score (nSPS) is 11.1. The van der Waals surface area contributed by atoms with Gasteiger partial charge in [-0.15, -0.1) is 0 Å². The summed E-state index contributed by atoms with van der Waals surface area (Å²) in [4.78, 5) is 31.1. The topological polar surface area (TPSA) is 52.0 Å². The van der Waals surface area contributed by atoms with E-state index in [4.69, 9.17) is 11.6 Å². The summed E-state index contributed by atoms with van der Waals surface area (Å²) in [6, 6.07) is 13.2. The van der Waals surface area contributed by atoms with Crippen LogP contribution in [0.25, 0.3) is 11.0 Å². The summed E-state index contributed by atoms with van der Waals surface area (Å²) in [5, 5.41) is 0.613. The highest BCUT2D eigenvalue weighted by molar-refractivity contribution is 6.31. The predicted octanol–water partition coefficient (Wildman–Crippen LogP) is 5.39. The Morgan fingerprint density at radius 2 is 1.81 bits per heavy atom. The van der Waals surface area contributed by atoms with Gasteiger partial charge >= 0.3 is 0 Å². The third kappa shape index (κ3) is 4.01. The molecule has 0 saturated carbocycles. The second kappa shape index (κ2) is 8.08. The van der Waals surface area contributed by atoms with Crippen molar-refractivity contribution in [1.29, 1.82) is 0 Å². The van der Waals surface area contributed by atoms with Gasteiger partial charge in [0.2, 0.25) is 5.43 Å². The van der Waals surface area contributed by atoms with Crippen LogP contribution in [0.2, 0.25) is 5.02 Å². The van der Waals surface area contributed by atoms with Crippen LogP contribution in [0.3, 0.4) is 0 Å². The van der Waals surface area contributed by atoms with E-state index in [0.717, 1.165) is 16.8 Å². The zero-order valence-corrected chi connectivity index (χ0v) is 18.1. The first-order valence-corrected chi connectivity index (χ1v) is 10.2. The van der Waals surface area contributed by atoms with E-state index >= 15 is 0 Å². The number of hydrogen-bond donors (Lipinski definition) is 0. The molecule has 0 spiro atoms. The first kappa shape index (κ1) is 20.9. The van der Waals surface area contributed by atoms with Crippen molar-refractivity contribution in [2.75, 3.05) is 0 Å². The summed E-state index contributed by atoms with van der Waals surface area (Å²) >= 11 is 6.23. The molecule has 0 bridgehead atoms. The van der Waals surface area contributed by atoms with Gasteiger partial charge in [0.1, 0.15) is 11.5 Å². The van der Waals surface area contributed by atoms with Crippen LogP contribution >= 0.6 is 11.6 Å². The molecular formula is C25H20ClFN2O2. The fourth-order valence-corrected chi connectivity index (χ4v) is 3.83. The van der Waals surface area contributed by atoms with Crippen LogP contribution in [0, 0.1) is 26.6 Å². The molecule has 0 saturated heterocycles. The molecule has 4 nitrogen and oxygen atoms in total. The number of fused-ring (bicyclic) bond motifs is 1. The lowest BCUT2D eigenvalue weighted by Crippen LogP contribution is -2.21. The highest BCUT2D eigenvalue weighted by Crippen LogP contribution is 2.22. The maximum Gasteiger partial charge on any atom is 0.202 e. The largest absolute Gasteiger partial charge is 0.327 e. The van der Waals surface area contributed by atoms with Crippen molar-refractivity contribution < 1.29 is 9.18 Å². The molecule has 0 aliphatic carbocycles. The lowest BCUT2D eigenvalue weighted by Gasteiger charge is -2.15. The van der Waals surface area contributed by atoms with Gasteiger partial charge in [0, 0.05) is 22.5 Å². The smallest absolute Gasteiger partial charge is 0.202 e. The van der Waals surface area contributed by atoms with Crippen LogP contribution in [0.4, 0.5) is 4.39 Å². The van der Waals surface area contributed by atoms with Crippen molar-refractivity contribution in [1.82, 2.24) is 9.55 Å². The van der Waals surface area contributed by atoms with E-state index < -0.39 is 5.82 Å². The maximum absolute atomic E-state index is 13.5. The van der Waals surface area contributed by atoms with Crippen molar-refractivity contribution in [2.24, 2.45) is 0 Å². The number of rotatable bonds is 4. The Hall–Kier alpha value is -3.31. The molecule has 31 heavy (non-hydrogen) atoms. The number of aryl methyl sites for hydroxylation is 3. The zero-order chi connectivity index (χ0) is 22.3. The third-order valence-corrected chi connectivity index (χ3v) is 5.65. The number of ketones is 1. The molecule has 0 radical (unpaired) electrons. The molecule has 2 aromatic carbocycles. The Labute approximate surface area is 183 Å². The molecule has 0 aliphatic rings. The van der Waals surface area contributed by atoms with E-state index in [-0.39, 0.29) is 28.3 Å². The Morgan fingerprint density at radius 1 is 1.03 bits per heavy atom. The summed E-state index contributed by atoms with van der Waals surface area (Å²) in [6.07, 6.45) is 1.53. The number of pyridine rings is 2. The van der Waals surface area contributed by atoms with Gasteiger partial charge in [-0.3, -0.25) is 9.59 Å². The van der Waals surface area contributed by atoms with E-state index in [0.29, 0.717) is 22.2 Å². The molecule has 2 aromatic heterocycles. The van der Waals surface area contributed by atoms with Crippen LogP contribution < -0.4 is 5.43 Å². The van der Waals surface area contributed by atoms with Crippen molar-refractivity contribution in [2.45, 2.75) is 27.3 Å². The summed E-state index contributed by atoms with van der Waals surface area (Å²) < 4.78 is 15.2. The average Bonchev–Trinajstić information content (AvgIpc) is 2.73. The highest BCUT2D eigenvalue weighted by atomic mass is 35.5. The summed E-state index contributed by atoms with van der Waals surface area (Å²) in [6.45, 7) is 5.81. The summed E-state index contributed by atoms with van der Waals surface area (Å²) in [5.41, 5.74) is 3.75. The molecule has 0 atom stereocenters. The minimum absolute atomic E-state index is 0.0603. The van der Waals surface area contributed by atoms with Crippen LogP contribution in [0.1, 0.15) is 38.3 Å². The van der Waals surface area contributed by atoms with Crippen LogP contribution in [-0.2, 0) is 6.54 Å². The van der Waals surface area contributed by atoms with Gasteiger partial charge in [-0.05, 0) is 62.2 Å². The molecule has 0 N–H and O–H groups in total. The standard InChI is InChI=1S/C25H20ClFN2O2/c1-14-4-5-15(2)20(10-14)24(31)21-13-29(12-17-7-8-18(27)11-22(17)26)25-19(23(21)30)9-6-16(3)28-25/h4-11,13H,12H2,1-3H3. The maximum atomic E-state index is 13.5. The van der Waals surface area contributed by atoms with Gasteiger partial charge in [0.05, 0.1) is 17.5 Å². The molecule has 0 unspecified atom stereocenters. The van der Waals surface area contributed by atoms with Gasteiger partial charge in [-0.2, -0.15) is 0 Å². The molecule has 4 rings (SSSR count). The van der Waals surface area contributed by atoms with Crippen LogP contribution in [0.5, 0.6) is 0 Å². The third-order valence-electron chi connectivity index (χ3n) is 5.30. The van der Waals surface area contributed by atoms with E-state index in [1.165, 1.54) is 18.3 Å². The number of benzene rings is 2. The monoisotopic (exact) mass is 434 g/mol. The zero-order valence-electron chi connectivity index (χ0n) is 17.4. The Morgan fingerprint density at radius 3 is 2.55 bits per heavy atom. The average molecular weight is 435 g/mol. The summed E-state index contributed by atoms with van der Waals surface area (Å²) in [5.74, 6) is -0.772. The van der Waals surface area contributed by atoms with E-state index in [9.17, 15) is 14.0 Å². The molecular weight excluding hydrogens is 415 g/mol. The number of carbonyl (C=O) groups is 1. The first-order valence-electron chi connectivity index (χ1n) is 9.81. The van der Waals surface area contributed by atoms with Gasteiger partial charge < -0.3 is 4.57 Å². The quantitative estimate of drug-likeness (QED) is 0.404. The fraction of sp³-hybridized carbons (Fsp3) is 0.160. The number of aromatic nitrogens is 2. The van der Waals surface area contributed by atoms with Crippen molar-refractivity contribution >= 4 is 28.4 Å². The minimum Gasteiger partial charge on any atom is -0.327 e. The van der Waals surface area contributed by atoms with Crippen LogP contribution in [-0.4, -0.2) is 15.3 Å². The number of halogens is 2. The number of carbonyl (C=O) groups excluding carboxylic acids is 1. The number of hydrogen-bond acceptors (Lipinski definition) is 3. The van der Waals surface area contributed by atoms with Crippen molar-refractivity contribution in [3.8, 4) is 0 Å². The van der Waals surface area contributed by atoms with Gasteiger partial charge in [-0.25, -0.2) is 9.37 Å². The first-order chi connectivity index (χ1) is 14.7. The Kier molecular flexibility index (Phi) is 5.46. The SMILES string of the molecule is Cc1ccc(C)c(C(=O)c2cn(Cc3ccc(F)cc3Cl)c3nc(C)ccc3c2=O)c1. The van der Waals surface area contributed by atoms with Gasteiger partial charge in [0.25, 0.3) is 0 Å². The van der Waals surface area contributed by atoms with Gasteiger partial charge in [0.15, 0.2) is 5.78 Å². The van der Waals surface area contributed by atoms with Gasteiger partial charge in [-0.1, -0.05) is 35.4 Å². The van der Waals surface area contributed by atoms with Crippen molar-refractivity contribution in [3.05, 3.63) is 109 Å². The van der Waals surface area contributed by atoms with Crippen molar-refractivity contribution in [3.63, 3.8) is 0 Å². The Bertz CT molecular complexity index is 1410. The Balaban J connectivity index is 1.94. The van der Waals surface area contributed by atoms with E-state index in [2.05, 4.69) is 4.98 Å². The predicted molar refractivity (Wildman–Crippen MR) is 121 cm³/mol. The lowest BCUT2D eigenvalue weighted by molar-refractivity contribution is 0.103. The second-order valence-electron chi connectivity index (χ2n) is 7.71. The lowest BCUT2D eigenvalue weighted by atomic mass is 9.97. The molecule has 6 heteroatoms. The molecule has 4 aromatic rings.